The molecule has 0 spiro atoms. The second-order valence-corrected chi connectivity index (χ2v) is 9.34. The van der Waals surface area contributed by atoms with Crippen molar-refractivity contribution >= 4 is 11.8 Å². The van der Waals surface area contributed by atoms with Crippen LogP contribution < -0.4 is 5.32 Å². The second-order valence-electron chi connectivity index (χ2n) is 9.34. The van der Waals surface area contributed by atoms with Gasteiger partial charge in [0.15, 0.2) is 5.82 Å². The van der Waals surface area contributed by atoms with E-state index in [0.29, 0.717) is 43.9 Å². The smallest absolute Gasteiger partial charge is 0.259 e. The summed E-state index contributed by atoms with van der Waals surface area (Å²) in [6.45, 7) is 3.83. The Bertz CT molecular complexity index is 1290. The van der Waals surface area contributed by atoms with Gasteiger partial charge in [-0.3, -0.25) is 9.59 Å². The molecule has 0 radical (unpaired) electrons. The molecule has 1 N–H and O–H groups in total. The van der Waals surface area contributed by atoms with Crippen LogP contribution in [0.5, 0.6) is 0 Å². The van der Waals surface area contributed by atoms with Gasteiger partial charge < -0.3 is 14.8 Å². The maximum absolute atomic E-state index is 13.6. The van der Waals surface area contributed by atoms with Crippen LogP contribution in [0, 0.1) is 5.92 Å². The molecule has 0 unspecified atom stereocenters. The van der Waals surface area contributed by atoms with Gasteiger partial charge in [0.2, 0.25) is 5.91 Å². The minimum atomic E-state index is -0.0759. The number of rotatable bonds is 7. The van der Waals surface area contributed by atoms with Gasteiger partial charge >= 0.3 is 0 Å². The Labute approximate surface area is 211 Å². The summed E-state index contributed by atoms with van der Waals surface area (Å²) in [7, 11) is 0. The fourth-order valence-corrected chi connectivity index (χ4v) is 4.79. The Morgan fingerprint density at radius 3 is 2.25 bits per heavy atom. The number of nitrogens with zero attached hydrogens (tertiary/aromatic N) is 4. The highest BCUT2D eigenvalue weighted by molar-refractivity contribution is 5.97. The summed E-state index contributed by atoms with van der Waals surface area (Å²) in [4.78, 5) is 28.2. The number of hydrogen-bond acceptors (Lipinski definition) is 3. The number of amides is 2. The van der Waals surface area contributed by atoms with E-state index in [-0.39, 0.29) is 23.7 Å². The van der Waals surface area contributed by atoms with Gasteiger partial charge in [0, 0.05) is 37.9 Å². The predicted octanol–water partition coefficient (Wildman–Crippen LogP) is 4.44. The molecule has 1 aliphatic rings. The third-order valence-corrected chi connectivity index (χ3v) is 6.93. The maximum Gasteiger partial charge on any atom is 0.259 e. The van der Waals surface area contributed by atoms with Gasteiger partial charge in [-0.25, -0.2) is 4.68 Å². The molecule has 1 atom stereocenters. The lowest BCUT2D eigenvalue weighted by Gasteiger charge is -2.31. The maximum atomic E-state index is 13.6. The molecular formula is C29H31N5O2. The second kappa shape index (κ2) is 10.6. The van der Waals surface area contributed by atoms with Crippen LogP contribution in [0.1, 0.15) is 41.6 Å². The monoisotopic (exact) mass is 481 g/mol. The Morgan fingerprint density at radius 1 is 0.944 bits per heavy atom. The number of nitrogens with one attached hydrogen (secondary N) is 1. The first kappa shape index (κ1) is 23.6. The number of carbonyl (C=O) groups excluding carboxylic acids is 2. The molecule has 5 rings (SSSR count). The standard InChI is InChI=1S/C29H31N5O2/c1-22(23-10-4-2-5-11-23)20-30-27(35)24-14-18-33(19-15-24)29(36)26-21-31-34(25-12-6-3-7-13-25)28(26)32-16-8-9-17-32/h2-13,16-17,21-22,24H,14-15,18-20H2,1H3,(H,30,35)/t22-/m0/s1. The number of likely N-dealkylation sites (tertiary alicyclic amines) is 1. The zero-order valence-electron chi connectivity index (χ0n) is 20.5. The van der Waals surface area contributed by atoms with E-state index in [2.05, 4.69) is 29.5 Å². The summed E-state index contributed by atoms with van der Waals surface area (Å²) < 4.78 is 3.71. The van der Waals surface area contributed by atoms with E-state index in [1.165, 1.54) is 5.56 Å². The van der Waals surface area contributed by atoms with Crippen molar-refractivity contribution in [1.29, 1.82) is 0 Å². The van der Waals surface area contributed by atoms with Gasteiger partial charge in [0.25, 0.3) is 5.91 Å². The van der Waals surface area contributed by atoms with Gasteiger partial charge in [0.1, 0.15) is 5.56 Å². The molecule has 7 heteroatoms. The summed E-state index contributed by atoms with van der Waals surface area (Å²) >= 11 is 0. The normalized spacial score (nSPS) is 15.0. The first-order valence-corrected chi connectivity index (χ1v) is 12.5. The van der Waals surface area contributed by atoms with Crippen molar-refractivity contribution in [3.8, 4) is 11.5 Å². The van der Waals surface area contributed by atoms with Gasteiger partial charge in [-0.2, -0.15) is 5.10 Å². The van der Waals surface area contributed by atoms with Crippen molar-refractivity contribution in [3.63, 3.8) is 0 Å². The molecule has 1 aliphatic heterocycles. The van der Waals surface area contributed by atoms with E-state index in [0.717, 1.165) is 5.69 Å². The van der Waals surface area contributed by atoms with Gasteiger partial charge in [-0.1, -0.05) is 55.5 Å². The van der Waals surface area contributed by atoms with Crippen molar-refractivity contribution in [2.75, 3.05) is 19.6 Å². The third kappa shape index (κ3) is 4.96. The van der Waals surface area contributed by atoms with Crippen LogP contribution in [-0.2, 0) is 4.79 Å². The van der Waals surface area contributed by atoms with Crippen molar-refractivity contribution in [2.45, 2.75) is 25.7 Å². The summed E-state index contributed by atoms with van der Waals surface area (Å²) in [6, 6.07) is 23.9. The lowest BCUT2D eigenvalue weighted by Crippen LogP contribution is -2.43. The molecule has 1 fully saturated rings. The number of carbonyl (C=O) groups is 2. The van der Waals surface area contributed by atoms with Gasteiger partial charge in [0.05, 0.1) is 11.9 Å². The third-order valence-electron chi connectivity index (χ3n) is 6.93. The number of hydrogen-bond donors (Lipinski definition) is 1. The molecule has 2 aromatic carbocycles. The van der Waals surface area contributed by atoms with Crippen LogP contribution in [0.25, 0.3) is 11.5 Å². The molecule has 2 amide bonds. The first-order chi connectivity index (χ1) is 17.6. The van der Waals surface area contributed by atoms with E-state index in [1.54, 1.807) is 10.9 Å². The molecule has 1 saturated heterocycles. The fourth-order valence-electron chi connectivity index (χ4n) is 4.79. The van der Waals surface area contributed by atoms with Gasteiger partial charge in [-0.15, -0.1) is 0 Å². The average molecular weight is 482 g/mol. The largest absolute Gasteiger partial charge is 0.355 e. The first-order valence-electron chi connectivity index (χ1n) is 12.5. The summed E-state index contributed by atoms with van der Waals surface area (Å²) in [6.07, 6.45) is 6.79. The van der Waals surface area contributed by atoms with Crippen molar-refractivity contribution in [3.05, 3.63) is 103 Å². The van der Waals surface area contributed by atoms with Crippen molar-refractivity contribution < 1.29 is 9.59 Å². The zero-order valence-corrected chi connectivity index (χ0v) is 20.5. The fraction of sp³-hybridized carbons (Fsp3) is 0.276. The predicted molar refractivity (Wildman–Crippen MR) is 139 cm³/mol. The number of para-hydroxylation sites is 1. The van der Waals surface area contributed by atoms with E-state index >= 15 is 0 Å². The molecule has 0 saturated carbocycles. The topological polar surface area (TPSA) is 72.2 Å². The Hall–Kier alpha value is -4.13. The molecular weight excluding hydrogens is 450 g/mol. The number of piperidine rings is 1. The van der Waals surface area contributed by atoms with Gasteiger partial charge in [-0.05, 0) is 48.6 Å². The highest BCUT2D eigenvalue weighted by Crippen LogP contribution is 2.24. The summed E-state index contributed by atoms with van der Waals surface area (Å²) in [5.74, 6) is 0.913. The van der Waals surface area contributed by atoms with Crippen LogP contribution >= 0.6 is 0 Å². The van der Waals surface area contributed by atoms with Crippen LogP contribution in [-0.4, -0.2) is 50.7 Å². The molecule has 184 valence electrons. The minimum Gasteiger partial charge on any atom is -0.355 e. The van der Waals surface area contributed by atoms with E-state index in [9.17, 15) is 9.59 Å². The molecule has 0 bridgehead atoms. The summed E-state index contributed by atoms with van der Waals surface area (Å²) in [5.41, 5.74) is 2.66. The summed E-state index contributed by atoms with van der Waals surface area (Å²) in [5, 5.41) is 7.67. The van der Waals surface area contributed by atoms with Crippen LogP contribution in [0.4, 0.5) is 0 Å². The van der Waals surface area contributed by atoms with Crippen molar-refractivity contribution in [2.24, 2.45) is 5.92 Å². The highest BCUT2D eigenvalue weighted by atomic mass is 16.2. The SMILES string of the molecule is C[C@@H](CNC(=O)C1CCN(C(=O)c2cnn(-c3ccccc3)c2-n2cccc2)CC1)c1ccccc1. The molecule has 3 heterocycles. The molecule has 0 aliphatic carbocycles. The van der Waals surface area contributed by atoms with Crippen LogP contribution in [0.3, 0.4) is 0 Å². The Balaban J connectivity index is 1.24. The average Bonchev–Trinajstić information content (AvgIpc) is 3.62. The lowest BCUT2D eigenvalue weighted by molar-refractivity contribution is -0.126. The number of benzene rings is 2. The lowest BCUT2D eigenvalue weighted by atomic mass is 9.94. The quantitative estimate of drug-likeness (QED) is 0.424. The van der Waals surface area contributed by atoms with E-state index in [1.807, 2.05) is 82.5 Å². The van der Waals surface area contributed by atoms with E-state index in [4.69, 9.17) is 0 Å². The van der Waals surface area contributed by atoms with Crippen LogP contribution in [0.2, 0.25) is 0 Å². The highest BCUT2D eigenvalue weighted by Gasteiger charge is 2.30. The minimum absolute atomic E-state index is 0.0579. The Morgan fingerprint density at radius 2 is 1.58 bits per heavy atom. The van der Waals surface area contributed by atoms with Crippen LogP contribution in [0.15, 0.2) is 91.4 Å². The zero-order chi connectivity index (χ0) is 24.9. The molecule has 7 nitrogen and oxygen atoms in total. The molecule has 4 aromatic rings. The van der Waals surface area contributed by atoms with Crippen molar-refractivity contribution in [1.82, 2.24) is 24.6 Å². The molecule has 36 heavy (non-hydrogen) atoms. The van der Waals surface area contributed by atoms with E-state index < -0.39 is 0 Å². The number of aromatic nitrogens is 3. The Kier molecular flexibility index (Phi) is 6.98. The molecule has 2 aromatic heterocycles.